The summed E-state index contributed by atoms with van der Waals surface area (Å²) in [5.41, 5.74) is 8.94. The number of aryl methyl sites for hydroxylation is 2. The molecular formula is C13H12ClN3S. The van der Waals surface area contributed by atoms with E-state index >= 15 is 0 Å². The van der Waals surface area contributed by atoms with E-state index in [9.17, 15) is 0 Å². The van der Waals surface area contributed by atoms with Gasteiger partial charge in [0.25, 0.3) is 0 Å². The highest BCUT2D eigenvalue weighted by atomic mass is 35.5. The molecule has 18 heavy (non-hydrogen) atoms. The van der Waals surface area contributed by atoms with Crippen molar-refractivity contribution in [3.63, 3.8) is 0 Å². The maximum absolute atomic E-state index is 6.03. The van der Waals surface area contributed by atoms with Crippen molar-refractivity contribution in [1.29, 1.82) is 0 Å². The number of halogens is 1. The Morgan fingerprint density at radius 2 is 2.17 bits per heavy atom. The average Bonchev–Trinajstić information content (AvgIpc) is 2.80. The van der Waals surface area contributed by atoms with Crippen LogP contribution in [0.5, 0.6) is 0 Å². The minimum absolute atomic E-state index is 0.605. The number of nitrogens with two attached hydrogens (primary N) is 1. The molecule has 2 heterocycles. The highest BCUT2D eigenvalue weighted by molar-refractivity contribution is 7.15. The van der Waals surface area contributed by atoms with Gasteiger partial charge in [0.15, 0.2) is 5.13 Å². The normalized spacial score (nSPS) is 11.3. The molecule has 2 aromatic heterocycles. The van der Waals surface area contributed by atoms with Crippen molar-refractivity contribution in [1.82, 2.24) is 9.55 Å². The molecule has 0 spiro atoms. The van der Waals surface area contributed by atoms with Crippen molar-refractivity contribution in [3.05, 3.63) is 34.3 Å². The number of hydrogen-bond acceptors (Lipinski definition) is 3. The first-order valence-electron chi connectivity index (χ1n) is 5.54. The van der Waals surface area contributed by atoms with Crippen LogP contribution in [0.2, 0.25) is 5.02 Å². The topological polar surface area (TPSA) is 43.8 Å². The Hall–Kier alpha value is -1.52. The fraction of sp³-hybridized carbons (Fsp3) is 0.154. The Morgan fingerprint density at radius 3 is 2.83 bits per heavy atom. The monoisotopic (exact) mass is 277 g/mol. The lowest BCUT2D eigenvalue weighted by Gasteiger charge is -1.97. The van der Waals surface area contributed by atoms with Crippen LogP contribution in [-0.4, -0.2) is 9.55 Å². The third-order valence-electron chi connectivity index (χ3n) is 3.02. The van der Waals surface area contributed by atoms with E-state index in [2.05, 4.69) is 15.7 Å². The first-order chi connectivity index (χ1) is 8.56. The van der Waals surface area contributed by atoms with E-state index in [1.54, 1.807) is 0 Å². The predicted molar refractivity (Wildman–Crippen MR) is 78.2 cm³/mol. The van der Waals surface area contributed by atoms with Crippen LogP contribution in [0, 0.1) is 6.92 Å². The molecule has 92 valence electrons. The number of hydrogen-bond donors (Lipinski definition) is 1. The first kappa shape index (κ1) is 11.6. The number of benzene rings is 1. The van der Waals surface area contributed by atoms with Crippen LogP contribution in [0.15, 0.2) is 24.4 Å². The minimum atomic E-state index is 0.605. The summed E-state index contributed by atoms with van der Waals surface area (Å²) < 4.78 is 2.06. The summed E-state index contributed by atoms with van der Waals surface area (Å²) >= 11 is 7.55. The van der Waals surface area contributed by atoms with E-state index in [4.69, 9.17) is 17.3 Å². The van der Waals surface area contributed by atoms with Crippen LogP contribution in [0.4, 0.5) is 5.13 Å². The lowest BCUT2D eigenvalue weighted by Crippen LogP contribution is -1.83. The van der Waals surface area contributed by atoms with Gasteiger partial charge in [-0.3, -0.25) is 0 Å². The fourth-order valence-electron chi connectivity index (χ4n) is 2.21. The van der Waals surface area contributed by atoms with Gasteiger partial charge in [-0.1, -0.05) is 17.7 Å². The molecule has 0 saturated heterocycles. The van der Waals surface area contributed by atoms with Crippen molar-refractivity contribution in [2.24, 2.45) is 7.05 Å². The van der Waals surface area contributed by atoms with Gasteiger partial charge in [0.05, 0.1) is 5.69 Å². The van der Waals surface area contributed by atoms with Crippen LogP contribution < -0.4 is 5.73 Å². The maximum atomic E-state index is 6.03. The Labute approximate surface area is 114 Å². The number of thiazole rings is 1. The first-order valence-corrected chi connectivity index (χ1v) is 6.73. The van der Waals surface area contributed by atoms with Gasteiger partial charge in [0.1, 0.15) is 0 Å². The van der Waals surface area contributed by atoms with Gasteiger partial charge in [-0.2, -0.15) is 0 Å². The van der Waals surface area contributed by atoms with Gasteiger partial charge in [-0.05, 0) is 19.1 Å². The number of rotatable bonds is 1. The molecule has 2 N–H and O–H groups in total. The second kappa shape index (κ2) is 4.00. The highest BCUT2D eigenvalue weighted by Crippen LogP contribution is 2.35. The van der Waals surface area contributed by atoms with Gasteiger partial charge < -0.3 is 10.3 Å². The van der Waals surface area contributed by atoms with Crippen LogP contribution in [-0.2, 0) is 7.05 Å². The second-order valence-electron chi connectivity index (χ2n) is 4.27. The van der Waals surface area contributed by atoms with Gasteiger partial charge in [-0.15, -0.1) is 11.3 Å². The molecule has 0 aliphatic carbocycles. The van der Waals surface area contributed by atoms with E-state index in [0.717, 1.165) is 32.1 Å². The fourth-order valence-corrected chi connectivity index (χ4v) is 3.08. The zero-order chi connectivity index (χ0) is 12.9. The van der Waals surface area contributed by atoms with Crippen LogP contribution >= 0.6 is 22.9 Å². The zero-order valence-corrected chi connectivity index (χ0v) is 11.6. The SMILES string of the molecule is Cc1sc(N)nc1-c1cn(C)c2cc(Cl)ccc12. The van der Waals surface area contributed by atoms with E-state index < -0.39 is 0 Å². The van der Waals surface area contributed by atoms with Gasteiger partial charge in [-0.25, -0.2) is 4.98 Å². The summed E-state index contributed by atoms with van der Waals surface area (Å²) in [6, 6.07) is 5.89. The quantitative estimate of drug-likeness (QED) is 0.734. The molecule has 1 aromatic carbocycles. The molecule has 0 bridgehead atoms. The standard InChI is InChI=1S/C13H12ClN3S/c1-7-12(16-13(15)18-7)10-6-17(2)11-5-8(14)3-4-9(10)11/h3-6H,1-2H3,(H2,15,16). The molecule has 0 unspecified atom stereocenters. The molecule has 0 saturated carbocycles. The van der Waals surface area contributed by atoms with Crippen molar-refractivity contribution in [2.75, 3.05) is 5.73 Å². The maximum Gasteiger partial charge on any atom is 0.180 e. The molecule has 3 nitrogen and oxygen atoms in total. The predicted octanol–water partition coefficient (Wildman–Crippen LogP) is 3.85. The van der Waals surface area contributed by atoms with Crippen molar-refractivity contribution >= 4 is 39.0 Å². The summed E-state index contributed by atoms with van der Waals surface area (Å²) in [6.45, 7) is 2.04. The molecule has 5 heteroatoms. The van der Waals surface area contributed by atoms with E-state index in [1.165, 1.54) is 11.3 Å². The average molecular weight is 278 g/mol. The molecule has 0 atom stereocenters. The Balaban J connectivity index is 2.33. The van der Waals surface area contributed by atoms with E-state index in [1.807, 2.05) is 32.2 Å². The smallest absolute Gasteiger partial charge is 0.180 e. The summed E-state index contributed by atoms with van der Waals surface area (Å²) in [5.74, 6) is 0. The third-order valence-corrected chi connectivity index (χ3v) is 4.06. The molecule has 0 fully saturated rings. The Bertz CT molecular complexity index is 742. The molecule has 0 amide bonds. The largest absolute Gasteiger partial charge is 0.375 e. The third kappa shape index (κ3) is 1.69. The van der Waals surface area contributed by atoms with Crippen molar-refractivity contribution in [3.8, 4) is 11.3 Å². The van der Waals surface area contributed by atoms with Crippen LogP contribution in [0.1, 0.15) is 4.88 Å². The molecule has 0 aliphatic rings. The molecular weight excluding hydrogens is 266 g/mol. The number of fused-ring (bicyclic) bond motifs is 1. The van der Waals surface area contributed by atoms with E-state index in [-0.39, 0.29) is 0 Å². The van der Waals surface area contributed by atoms with Gasteiger partial charge in [0, 0.05) is 39.6 Å². The second-order valence-corrected chi connectivity index (χ2v) is 5.94. The number of nitrogen functional groups attached to an aromatic ring is 1. The Morgan fingerprint density at radius 1 is 1.39 bits per heavy atom. The summed E-state index contributed by atoms with van der Waals surface area (Å²) in [7, 11) is 2.01. The van der Waals surface area contributed by atoms with E-state index in [0.29, 0.717) is 5.13 Å². The molecule has 3 rings (SSSR count). The number of aromatic nitrogens is 2. The summed E-state index contributed by atoms with van der Waals surface area (Å²) in [5, 5.41) is 2.49. The summed E-state index contributed by atoms with van der Waals surface area (Å²) in [4.78, 5) is 5.55. The van der Waals surface area contributed by atoms with Crippen molar-refractivity contribution in [2.45, 2.75) is 6.92 Å². The molecule has 0 radical (unpaired) electrons. The van der Waals surface area contributed by atoms with Crippen LogP contribution in [0.25, 0.3) is 22.2 Å². The zero-order valence-electron chi connectivity index (χ0n) is 10.1. The lowest BCUT2D eigenvalue weighted by atomic mass is 10.1. The summed E-state index contributed by atoms with van der Waals surface area (Å²) in [6.07, 6.45) is 2.07. The minimum Gasteiger partial charge on any atom is -0.375 e. The van der Waals surface area contributed by atoms with Gasteiger partial charge in [0.2, 0.25) is 0 Å². The molecule has 3 aromatic rings. The number of anilines is 1. The lowest BCUT2D eigenvalue weighted by molar-refractivity contribution is 0.969. The van der Waals surface area contributed by atoms with Crippen molar-refractivity contribution < 1.29 is 0 Å². The highest BCUT2D eigenvalue weighted by Gasteiger charge is 2.14. The Kier molecular flexibility index (Phi) is 2.57. The molecule has 0 aliphatic heterocycles. The van der Waals surface area contributed by atoms with Gasteiger partial charge >= 0.3 is 0 Å². The van der Waals surface area contributed by atoms with Crippen LogP contribution in [0.3, 0.4) is 0 Å². The number of nitrogens with zero attached hydrogens (tertiary/aromatic N) is 2.